The Morgan fingerprint density at radius 3 is 2.24 bits per heavy atom. The van der Waals surface area contributed by atoms with Crippen LogP contribution in [0.25, 0.3) is 0 Å². The minimum atomic E-state index is -1.61. The number of rotatable bonds is 5. The van der Waals surface area contributed by atoms with E-state index in [0.717, 1.165) is 0 Å². The van der Waals surface area contributed by atoms with Crippen LogP contribution in [0.4, 0.5) is 5.69 Å². The normalized spacial score (nSPS) is 14.5. The van der Waals surface area contributed by atoms with Crippen LogP contribution >= 0.6 is 46.4 Å². The van der Waals surface area contributed by atoms with Crippen molar-refractivity contribution in [2.45, 2.75) is 38.3 Å². The van der Waals surface area contributed by atoms with Gasteiger partial charge in [0.15, 0.2) is 0 Å². The van der Waals surface area contributed by atoms with Gasteiger partial charge in [0.2, 0.25) is 0 Å². The first-order valence-electron chi connectivity index (χ1n) is 6.17. The van der Waals surface area contributed by atoms with Gasteiger partial charge in [-0.2, -0.15) is 10.2 Å². The average Bonchev–Trinajstić information content (AvgIpc) is 2.36. The molecule has 1 aromatic carbocycles. The van der Waals surface area contributed by atoms with E-state index in [1.54, 1.807) is 20.8 Å². The maximum atomic E-state index is 12.0. The van der Waals surface area contributed by atoms with E-state index < -0.39 is 11.0 Å². The van der Waals surface area contributed by atoms with Crippen LogP contribution in [0.3, 0.4) is 0 Å². The summed E-state index contributed by atoms with van der Waals surface area (Å²) in [5.74, 6) is -0.674. The summed E-state index contributed by atoms with van der Waals surface area (Å²) in [6.07, 6.45) is -0.105. The molecule has 4 nitrogen and oxygen atoms in total. The Kier molecular flexibility index (Phi) is 6.72. The van der Waals surface area contributed by atoms with Crippen molar-refractivity contribution in [3.8, 4) is 0 Å². The standard InChI is InChI=1S/C13H14Cl4N2O2/c1-4-13(17,12(20)21-7(2)3)19-18-11-9(15)5-8(14)6-10(11)16/h5-7H,4H2,1-3H3/b19-18+. The minimum Gasteiger partial charge on any atom is -0.460 e. The van der Waals surface area contributed by atoms with Gasteiger partial charge in [-0.1, -0.05) is 53.3 Å². The number of benzene rings is 1. The lowest BCUT2D eigenvalue weighted by molar-refractivity contribution is -0.150. The predicted octanol–water partition coefficient (Wildman–Crippen LogP) is 6.03. The lowest BCUT2D eigenvalue weighted by Gasteiger charge is -2.19. The van der Waals surface area contributed by atoms with Crippen LogP contribution in [0.1, 0.15) is 27.2 Å². The molecule has 0 amide bonds. The Bertz CT molecular complexity index is 540. The van der Waals surface area contributed by atoms with Crippen molar-refractivity contribution in [3.63, 3.8) is 0 Å². The van der Waals surface area contributed by atoms with Crippen molar-refractivity contribution in [1.29, 1.82) is 0 Å². The second-order valence-corrected chi connectivity index (χ2v) is 6.36. The van der Waals surface area contributed by atoms with Gasteiger partial charge >= 0.3 is 5.97 Å². The summed E-state index contributed by atoms with van der Waals surface area (Å²) in [5, 5.41) is 8.53. The number of hydrogen-bond donors (Lipinski definition) is 0. The Morgan fingerprint density at radius 2 is 1.81 bits per heavy atom. The number of carbonyl (C=O) groups excluding carboxylic acids is 1. The molecule has 0 heterocycles. The molecule has 0 spiro atoms. The molecule has 1 unspecified atom stereocenters. The molecule has 0 saturated carbocycles. The zero-order valence-corrected chi connectivity index (χ0v) is 14.7. The van der Waals surface area contributed by atoms with Gasteiger partial charge < -0.3 is 4.74 Å². The number of esters is 1. The molecule has 0 N–H and O–H groups in total. The Morgan fingerprint density at radius 1 is 1.29 bits per heavy atom. The third-order valence-corrected chi connectivity index (χ3v) is 3.71. The van der Waals surface area contributed by atoms with Crippen LogP contribution in [0.5, 0.6) is 0 Å². The van der Waals surface area contributed by atoms with Gasteiger partial charge in [0.1, 0.15) is 5.69 Å². The second kappa shape index (κ2) is 7.63. The van der Waals surface area contributed by atoms with Crippen molar-refractivity contribution in [1.82, 2.24) is 0 Å². The maximum absolute atomic E-state index is 12.0. The van der Waals surface area contributed by atoms with E-state index in [1.165, 1.54) is 12.1 Å². The van der Waals surface area contributed by atoms with E-state index in [1.807, 2.05) is 0 Å². The zero-order valence-electron chi connectivity index (χ0n) is 11.7. The van der Waals surface area contributed by atoms with E-state index in [-0.39, 0.29) is 28.3 Å². The SMILES string of the molecule is CCC(Cl)(/N=N/c1c(Cl)cc(Cl)cc1Cl)C(=O)OC(C)C. The Hall–Kier alpha value is -0.550. The molecule has 0 aliphatic heterocycles. The number of hydrogen-bond acceptors (Lipinski definition) is 4. The molecule has 21 heavy (non-hydrogen) atoms. The van der Waals surface area contributed by atoms with E-state index in [2.05, 4.69) is 10.2 Å². The van der Waals surface area contributed by atoms with E-state index >= 15 is 0 Å². The van der Waals surface area contributed by atoms with Crippen LogP contribution in [-0.4, -0.2) is 17.1 Å². The molecular weight excluding hydrogens is 358 g/mol. The molecule has 0 aliphatic rings. The summed E-state index contributed by atoms with van der Waals surface area (Å²) in [4.78, 5) is 10.3. The van der Waals surface area contributed by atoms with Gasteiger partial charge in [-0.3, -0.25) is 0 Å². The number of azo groups is 1. The molecule has 116 valence electrons. The maximum Gasteiger partial charge on any atom is 0.351 e. The summed E-state index contributed by atoms with van der Waals surface area (Å²) in [7, 11) is 0. The number of halogens is 4. The summed E-state index contributed by atoms with van der Waals surface area (Å²) in [6.45, 7) is 5.13. The molecule has 0 bridgehead atoms. The number of alkyl halides is 1. The summed E-state index contributed by atoms with van der Waals surface area (Å²) < 4.78 is 5.06. The van der Waals surface area contributed by atoms with Crippen LogP contribution in [-0.2, 0) is 9.53 Å². The first-order valence-corrected chi connectivity index (χ1v) is 7.68. The van der Waals surface area contributed by atoms with Gasteiger partial charge in [0, 0.05) is 5.02 Å². The van der Waals surface area contributed by atoms with Crippen molar-refractivity contribution >= 4 is 58.1 Å². The first kappa shape index (κ1) is 18.5. The molecule has 1 rings (SSSR count). The lowest BCUT2D eigenvalue weighted by Crippen LogP contribution is -2.33. The Labute approximate surface area is 143 Å². The van der Waals surface area contributed by atoms with Crippen LogP contribution in [0, 0.1) is 0 Å². The fraction of sp³-hybridized carbons (Fsp3) is 0.462. The quantitative estimate of drug-likeness (QED) is 0.274. The highest BCUT2D eigenvalue weighted by Gasteiger charge is 2.37. The highest BCUT2D eigenvalue weighted by molar-refractivity contribution is 6.41. The smallest absolute Gasteiger partial charge is 0.351 e. The highest BCUT2D eigenvalue weighted by Crippen LogP contribution is 2.37. The molecule has 0 aliphatic carbocycles. The van der Waals surface area contributed by atoms with Crippen molar-refractivity contribution in [3.05, 3.63) is 27.2 Å². The van der Waals surface area contributed by atoms with Gasteiger partial charge in [-0.15, -0.1) is 0 Å². The average molecular weight is 372 g/mol. The molecule has 0 radical (unpaired) electrons. The summed E-state index contributed by atoms with van der Waals surface area (Å²) in [5.41, 5.74) is 0.193. The molecule has 1 atom stereocenters. The number of carbonyl (C=O) groups is 1. The minimum absolute atomic E-state index is 0.193. The Balaban J connectivity index is 3.09. The molecule has 0 fully saturated rings. The second-order valence-electron chi connectivity index (χ2n) is 4.48. The van der Waals surface area contributed by atoms with Crippen LogP contribution < -0.4 is 0 Å². The van der Waals surface area contributed by atoms with Gasteiger partial charge in [0.25, 0.3) is 5.00 Å². The van der Waals surface area contributed by atoms with Gasteiger partial charge in [-0.05, 0) is 32.4 Å². The van der Waals surface area contributed by atoms with E-state index in [4.69, 9.17) is 51.1 Å². The predicted molar refractivity (Wildman–Crippen MR) is 86.1 cm³/mol. The largest absolute Gasteiger partial charge is 0.460 e. The zero-order chi connectivity index (χ0) is 16.2. The number of nitrogens with zero attached hydrogens (tertiary/aromatic N) is 2. The van der Waals surface area contributed by atoms with Gasteiger partial charge in [-0.25, -0.2) is 4.79 Å². The third-order valence-electron chi connectivity index (χ3n) is 2.41. The van der Waals surface area contributed by atoms with Crippen LogP contribution in [0.2, 0.25) is 15.1 Å². The fourth-order valence-corrected chi connectivity index (χ4v) is 2.29. The van der Waals surface area contributed by atoms with Crippen molar-refractivity contribution < 1.29 is 9.53 Å². The molecule has 0 aromatic heterocycles. The molecule has 8 heteroatoms. The van der Waals surface area contributed by atoms with Crippen molar-refractivity contribution in [2.24, 2.45) is 10.2 Å². The van der Waals surface area contributed by atoms with Crippen LogP contribution in [0.15, 0.2) is 22.4 Å². The van der Waals surface area contributed by atoms with Crippen molar-refractivity contribution in [2.75, 3.05) is 0 Å². The lowest BCUT2D eigenvalue weighted by atomic mass is 10.2. The highest BCUT2D eigenvalue weighted by atomic mass is 35.5. The third kappa shape index (κ3) is 4.99. The van der Waals surface area contributed by atoms with E-state index in [9.17, 15) is 4.79 Å². The number of ether oxygens (including phenoxy) is 1. The molecule has 1 aromatic rings. The summed E-state index contributed by atoms with van der Waals surface area (Å²) in [6, 6.07) is 2.94. The topological polar surface area (TPSA) is 51.0 Å². The summed E-state index contributed by atoms with van der Waals surface area (Å²) >= 11 is 23.9. The molecular formula is C13H14Cl4N2O2. The molecule has 0 saturated heterocycles. The van der Waals surface area contributed by atoms with Gasteiger partial charge in [0.05, 0.1) is 16.1 Å². The first-order chi connectivity index (χ1) is 9.69. The fourth-order valence-electron chi connectivity index (χ4n) is 1.32. The monoisotopic (exact) mass is 370 g/mol. The van der Waals surface area contributed by atoms with E-state index in [0.29, 0.717) is 5.02 Å².